The molecule has 2 amide bonds. The standard InChI is InChI=1S/C28H22Cl2FN5O4/c1-13(2)35-24-23(34-25(35)16-12-32-22(40-4)11-21(16)39-3)26(37)36(20-10-15(30)6-8-18(20)31)28(24)17-7-5-14(29)9-19(17)33-27(28)38/h5-13H,1-4H3,(H,33,38)/t28-/m1/s1. The van der Waals surface area contributed by atoms with E-state index in [4.69, 9.17) is 37.7 Å². The van der Waals surface area contributed by atoms with Crippen molar-refractivity contribution in [2.75, 3.05) is 24.4 Å². The summed E-state index contributed by atoms with van der Waals surface area (Å²) in [6.45, 7) is 3.79. The van der Waals surface area contributed by atoms with Gasteiger partial charge in [0.2, 0.25) is 5.88 Å². The summed E-state index contributed by atoms with van der Waals surface area (Å²) in [6, 6.07) is 10.00. The summed E-state index contributed by atoms with van der Waals surface area (Å²) >= 11 is 12.5. The Labute approximate surface area is 238 Å². The van der Waals surface area contributed by atoms with E-state index in [1.165, 1.54) is 32.5 Å². The van der Waals surface area contributed by atoms with Crippen LogP contribution in [0.4, 0.5) is 15.8 Å². The lowest BCUT2D eigenvalue weighted by Crippen LogP contribution is -2.51. The lowest BCUT2D eigenvalue weighted by molar-refractivity contribution is -0.119. The number of imidazole rings is 1. The van der Waals surface area contributed by atoms with Crippen molar-refractivity contribution >= 4 is 46.4 Å². The van der Waals surface area contributed by atoms with Crippen LogP contribution in [0.3, 0.4) is 0 Å². The Hall–Kier alpha value is -4.15. The number of carbonyl (C=O) groups is 2. The highest BCUT2D eigenvalue weighted by molar-refractivity contribution is 6.32. The van der Waals surface area contributed by atoms with Crippen molar-refractivity contribution in [2.24, 2.45) is 0 Å². The van der Waals surface area contributed by atoms with Crippen LogP contribution >= 0.6 is 23.2 Å². The molecule has 0 saturated carbocycles. The normalized spacial score (nSPS) is 17.4. The second-order valence-corrected chi connectivity index (χ2v) is 10.5. The molecule has 6 rings (SSSR count). The molecule has 2 aromatic heterocycles. The van der Waals surface area contributed by atoms with Crippen LogP contribution in [0, 0.1) is 5.82 Å². The number of rotatable bonds is 5. The van der Waals surface area contributed by atoms with E-state index >= 15 is 4.39 Å². The average Bonchev–Trinajstić information content (AvgIpc) is 3.53. The van der Waals surface area contributed by atoms with Crippen LogP contribution in [0.1, 0.15) is 41.6 Å². The molecule has 0 unspecified atom stereocenters. The minimum Gasteiger partial charge on any atom is -0.496 e. The number of hydrogen-bond acceptors (Lipinski definition) is 6. The van der Waals surface area contributed by atoms with Gasteiger partial charge in [0.1, 0.15) is 17.4 Å². The van der Waals surface area contributed by atoms with E-state index in [1.807, 2.05) is 13.8 Å². The van der Waals surface area contributed by atoms with Crippen LogP contribution in [0.25, 0.3) is 11.4 Å². The van der Waals surface area contributed by atoms with Gasteiger partial charge >= 0.3 is 0 Å². The molecule has 1 atom stereocenters. The van der Waals surface area contributed by atoms with E-state index in [0.717, 1.165) is 11.0 Å². The minimum absolute atomic E-state index is 0.0149. The Morgan fingerprint density at radius 2 is 1.75 bits per heavy atom. The molecule has 4 aromatic rings. The van der Waals surface area contributed by atoms with Crippen LogP contribution < -0.4 is 19.7 Å². The zero-order valence-electron chi connectivity index (χ0n) is 21.8. The number of nitrogens with one attached hydrogen (secondary N) is 1. The molecule has 12 heteroatoms. The Morgan fingerprint density at radius 1 is 1.02 bits per heavy atom. The first-order valence-electron chi connectivity index (χ1n) is 12.3. The van der Waals surface area contributed by atoms with Gasteiger partial charge in [-0.3, -0.25) is 14.5 Å². The molecule has 0 fully saturated rings. The van der Waals surface area contributed by atoms with Crippen molar-refractivity contribution < 1.29 is 23.5 Å². The number of aromatic nitrogens is 3. The highest BCUT2D eigenvalue weighted by Gasteiger charge is 2.64. The quantitative estimate of drug-likeness (QED) is 0.317. The van der Waals surface area contributed by atoms with Crippen LogP contribution in [-0.4, -0.2) is 40.6 Å². The minimum atomic E-state index is -1.82. The van der Waals surface area contributed by atoms with Crippen molar-refractivity contribution in [1.29, 1.82) is 0 Å². The Balaban J connectivity index is 1.73. The van der Waals surface area contributed by atoms with E-state index in [2.05, 4.69) is 10.3 Å². The molecule has 0 bridgehead atoms. The van der Waals surface area contributed by atoms with Crippen molar-refractivity contribution in [1.82, 2.24) is 14.5 Å². The van der Waals surface area contributed by atoms with Crippen LogP contribution in [0.15, 0.2) is 48.7 Å². The number of anilines is 2. The third-order valence-electron chi connectivity index (χ3n) is 7.12. The highest BCUT2D eigenvalue weighted by atomic mass is 35.5. The van der Waals surface area contributed by atoms with Gasteiger partial charge in [-0.15, -0.1) is 0 Å². The fourth-order valence-corrected chi connectivity index (χ4v) is 5.87. The first kappa shape index (κ1) is 26.1. The van der Waals surface area contributed by atoms with E-state index in [-0.39, 0.29) is 28.1 Å². The second-order valence-electron chi connectivity index (χ2n) is 9.61. The summed E-state index contributed by atoms with van der Waals surface area (Å²) in [4.78, 5) is 38.7. The van der Waals surface area contributed by atoms with Gasteiger partial charge in [-0.1, -0.05) is 29.3 Å². The summed E-state index contributed by atoms with van der Waals surface area (Å²) in [5.41, 5.74) is -0.426. The number of halogens is 3. The van der Waals surface area contributed by atoms with Gasteiger partial charge in [-0.2, -0.15) is 0 Å². The second kappa shape index (κ2) is 9.21. The fourth-order valence-electron chi connectivity index (χ4n) is 5.53. The third kappa shape index (κ3) is 3.45. The number of carbonyl (C=O) groups excluding carboxylic acids is 2. The lowest BCUT2D eigenvalue weighted by Gasteiger charge is -2.36. The van der Waals surface area contributed by atoms with Crippen LogP contribution in [0.5, 0.6) is 11.6 Å². The van der Waals surface area contributed by atoms with Gasteiger partial charge in [-0.25, -0.2) is 14.4 Å². The number of fused-ring (bicyclic) bond motifs is 4. The lowest BCUT2D eigenvalue weighted by atomic mass is 9.87. The number of ether oxygens (including phenoxy) is 2. The molecule has 1 N–H and O–H groups in total. The number of amides is 2. The molecule has 1 spiro atoms. The van der Waals surface area contributed by atoms with Crippen molar-refractivity contribution in [3.63, 3.8) is 0 Å². The highest BCUT2D eigenvalue weighted by Crippen LogP contribution is 2.55. The van der Waals surface area contributed by atoms with Gasteiger partial charge in [0.25, 0.3) is 11.8 Å². The molecule has 204 valence electrons. The van der Waals surface area contributed by atoms with E-state index in [1.54, 1.807) is 28.8 Å². The van der Waals surface area contributed by atoms with Gasteiger partial charge in [0.05, 0.1) is 31.2 Å². The zero-order chi connectivity index (χ0) is 28.5. The summed E-state index contributed by atoms with van der Waals surface area (Å²) in [5, 5.41) is 3.43. The first-order valence-corrected chi connectivity index (χ1v) is 13.0. The topological polar surface area (TPSA) is 98.6 Å². The summed E-state index contributed by atoms with van der Waals surface area (Å²) in [5.74, 6) is -0.887. The molecule has 2 aliphatic heterocycles. The maximum absolute atomic E-state index is 15.4. The molecule has 9 nitrogen and oxygen atoms in total. The zero-order valence-corrected chi connectivity index (χ0v) is 23.3. The smallest absolute Gasteiger partial charge is 0.280 e. The van der Waals surface area contributed by atoms with Crippen molar-refractivity contribution in [2.45, 2.75) is 25.4 Å². The summed E-state index contributed by atoms with van der Waals surface area (Å²) < 4.78 is 28.1. The summed E-state index contributed by atoms with van der Waals surface area (Å²) in [6.07, 6.45) is 1.53. The fraction of sp³-hybridized carbons (Fsp3) is 0.214. The molecule has 2 aliphatic rings. The maximum Gasteiger partial charge on any atom is 0.280 e. The van der Waals surface area contributed by atoms with Gasteiger partial charge < -0.3 is 19.4 Å². The van der Waals surface area contributed by atoms with Crippen LogP contribution in [0.2, 0.25) is 10.0 Å². The maximum atomic E-state index is 15.4. The Morgan fingerprint density at radius 3 is 2.45 bits per heavy atom. The predicted octanol–water partition coefficient (Wildman–Crippen LogP) is 5.85. The molecule has 4 heterocycles. The monoisotopic (exact) mass is 581 g/mol. The van der Waals surface area contributed by atoms with Gasteiger partial charge in [0, 0.05) is 39.6 Å². The third-order valence-corrected chi connectivity index (χ3v) is 7.59. The predicted molar refractivity (Wildman–Crippen MR) is 148 cm³/mol. The molecule has 0 aliphatic carbocycles. The molecule has 2 aromatic carbocycles. The van der Waals surface area contributed by atoms with E-state index in [0.29, 0.717) is 39.3 Å². The molecule has 40 heavy (non-hydrogen) atoms. The number of nitrogens with zero attached hydrogens (tertiary/aromatic N) is 4. The molecule has 0 saturated heterocycles. The molecule has 0 radical (unpaired) electrons. The number of hydrogen-bond donors (Lipinski definition) is 1. The van der Waals surface area contributed by atoms with Crippen molar-refractivity contribution in [3.05, 3.63) is 81.5 Å². The van der Waals surface area contributed by atoms with Crippen molar-refractivity contribution in [3.8, 4) is 23.0 Å². The number of methoxy groups -OCH3 is 2. The Kier molecular flexibility index (Phi) is 6.01. The largest absolute Gasteiger partial charge is 0.496 e. The van der Waals surface area contributed by atoms with E-state index in [9.17, 15) is 9.59 Å². The molecular formula is C28H22Cl2FN5O4. The summed E-state index contributed by atoms with van der Waals surface area (Å²) in [7, 11) is 2.98. The van der Waals surface area contributed by atoms with Crippen LogP contribution in [-0.2, 0) is 10.3 Å². The SMILES string of the molecule is COc1cc(OC)c(-c2nc3c(n2C(C)C)[C@]2(C(=O)Nc4cc(Cl)ccc42)N(c2cc(Cl)ccc2F)C3=O)cn1. The first-order chi connectivity index (χ1) is 19.1. The van der Waals surface area contributed by atoms with E-state index < -0.39 is 23.2 Å². The van der Waals surface area contributed by atoms with Gasteiger partial charge in [-0.05, 0) is 44.2 Å². The van der Waals surface area contributed by atoms with Gasteiger partial charge in [0.15, 0.2) is 11.2 Å². The molecular weight excluding hydrogens is 560 g/mol. The Bertz CT molecular complexity index is 1740. The number of pyridine rings is 1. The number of benzene rings is 2. The average molecular weight is 582 g/mol.